The Morgan fingerprint density at radius 1 is 1.35 bits per heavy atom. The summed E-state index contributed by atoms with van der Waals surface area (Å²) >= 11 is 0. The van der Waals surface area contributed by atoms with Gasteiger partial charge < -0.3 is 5.32 Å². The predicted molar refractivity (Wildman–Crippen MR) is 74.3 cm³/mol. The van der Waals surface area contributed by atoms with Gasteiger partial charge in [0.25, 0.3) is 0 Å². The van der Waals surface area contributed by atoms with Crippen LogP contribution in [-0.2, 0) is 9.84 Å². The van der Waals surface area contributed by atoms with Gasteiger partial charge in [-0.3, -0.25) is 0 Å². The van der Waals surface area contributed by atoms with Gasteiger partial charge in [-0.25, -0.2) is 17.2 Å². The molecule has 1 aromatic rings. The minimum absolute atomic E-state index is 0.00112. The summed E-state index contributed by atoms with van der Waals surface area (Å²) in [6, 6.07) is 2.74. The molecule has 0 bridgehead atoms. The van der Waals surface area contributed by atoms with Crippen molar-refractivity contribution in [3.8, 4) is 0 Å². The summed E-state index contributed by atoms with van der Waals surface area (Å²) in [7, 11) is -1.28. The first-order valence-electron chi connectivity index (χ1n) is 6.66. The molecule has 0 saturated carbocycles. The fourth-order valence-electron chi connectivity index (χ4n) is 2.72. The number of halogens is 2. The first kappa shape index (κ1) is 15.4. The van der Waals surface area contributed by atoms with Crippen molar-refractivity contribution in [1.82, 2.24) is 5.32 Å². The van der Waals surface area contributed by atoms with Gasteiger partial charge in [0.05, 0.1) is 11.5 Å². The molecular formula is C14H19F2NO2S. The Labute approximate surface area is 118 Å². The van der Waals surface area contributed by atoms with E-state index in [1.807, 2.05) is 0 Å². The Hall–Kier alpha value is -1.01. The lowest BCUT2D eigenvalue weighted by Gasteiger charge is -2.21. The van der Waals surface area contributed by atoms with Crippen molar-refractivity contribution in [3.05, 3.63) is 34.9 Å². The maximum Gasteiger partial charge on any atom is 0.163 e. The van der Waals surface area contributed by atoms with Gasteiger partial charge in [-0.1, -0.05) is 12.1 Å². The van der Waals surface area contributed by atoms with Crippen LogP contribution in [0.2, 0.25) is 0 Å². The van der Waals surface area contributed by atoms with E-state index < -0.39 is 21.5 Å². The van der Waals surface area contributed by atoms with Crippen molar-refractivity contribution in [3.63, 3.8) is 0 Å². The maximum absolute atomic E-state index is 14.0. The first-order valence-corrected chi connectivity index (χ1v) is 8.48. The molecular weight excluding hydrogens is 284 g/mol. The van der Waals surface area contributed by atoms with Crippen molar-refractivity contribution < 1.29 is 17.2 Å². The zero-order chi connectivity index (χ0) is 14.9. The first-order chi connectivity index (χ1) is 9.34. The highest BCUT2D eigenvalue weighted by Crippen LogP contribution is 2.31. The smallest absolute Gasteiger partial charge is 0.163 e. The van der Waals surface area contributed by atoms with E-state index in [9.17, 15) is 17.2 Å². The van der Waals surface area contributed by atoms with Gasteiger partial charge in [-0.05, 0) is 38.3 Å². The van der Waals surface area contributed by atoms with E-state index in [1.54, 1.807) is 19.2 Å². The molecule has 2 rings (SSSR count). The highest BCUT2D eigenvalue weighted by molar-refractivity contribution is 7.91. The zero-order valence-corrected chi connectivity index (χ0v) is 12.4. The molecule has 2 atom stereocenters. The number of aryl methyl sites for hydroxylation is 1. The second-order valence-corrected chi connectivity index (χ2v) is 7.67. The summed E-state index contributed by atoms with van der Waals surface area (Å²) < 4.78 is 50.5. The molecule has 1 fully saturated rings. The Morgan fingerprint density at radius 2 is 2.05 bits per heavy atom. The van der Waals surface area contributed by atoms with Gasteiger partial charge in [0.2, 0.25) is 0 Å². The fraction of sp³-hybridized carbons (Fsp3) is 0.571. The van der Waals surface area contributed by atoms with Gasteiger partial charge >= 0.3 is 0 Å². The quantitative estimate of drug-likeness (QED) is 0.929. The van der Waals surface area contributed by atoms with Gasteiger partial charge in [0.15, 0.2) is 21.5 Å². The molecule has 0 amide bonds. The van der Waals surface area contributed by atoms with Gasteiger partial charge in [-0.15, -0.1) is 0 Å². The summed E-state index contributed by atoms with van der Waals surface area (Å²) in [4.78, 5) is 0. The third kappa shape index (κ3) is 3.17. The van der Waals surface area contributed by atoms with Crippen LogP contribution < -0.4 is 5.32 Å². The average molecular weight is 303 g/mol. The number of hydrogen-bond donors (Lipinski definition) is 1. The van der Waals surface area contributed by atoms with Crippen LogP contribution in [0.5, 0.6) is 0 Å². The number of hydrogen-bond acceptors (Lipinski definition) is 3. The van der Waals surface area contributed by atoms with Crippen molar-refractivity contribution in [2.45, 2.75) is 25.8 Å². The van der Waals surface area contributed by atoms with Crippen LogP contribution in [0.25, 0.3) is 0 Å². The molecule has 3 nitrogen and oxygen atoms in total. The van der Waals surface area contributed by atoms with Crippen molar-refractivity contribution in [2.75, 3.05) is 18.6 Å². The third-order valence-corrected chi connectivity index (χ3v) is 5.76. The highest BCUT2D eigenvalue weighted by atomic mass is 32.2. The molecule has 1 aliphatic heterocycles. The molecule has 1 N–H and O–H groups in total. The number of benzene rings is 1. The lowest BCUT2D eigenvalue weighted by atomic mass is 9.93. The topological polar surface area (TPSA) is 46.2 Å². The minimum atomic E-state index is -2.95. The van der Waals surface area contributed by atoms with Crippen LogP contribution in [0.1, 0.15) is 30.0 Å². The Kier molecular flexibility index (Phi) is 4.44. The molecule has 0 aromatic heterocycles. The van der Waals surface area contributed by atoms with Crippen LogP contribution in [-0.4, -0.2) is 27.0 Å². The van der Waals surface area contributed by atoms with E-state index in [1.165, 1.54) is 6.92 Å². The summed E-state index contributed by atoms with van der Waals surface area (Å²) in [5, 5.41) is 2.96. The Morgan fingerprint density at radius 3 is 2.60 bits per heavy atom. The van der Waals surface area contributed by atoms with E-state index in [4.69, 9.17) is 0 Å². The molecule has 0 aliphatic carbocycles. The average Bonchev–Trinajstić information content (AvgIpc) is 2.73. The SMILES string of the molecule is CNC(CC1CCS(=O)(=O)C1)c1ccc(C)c(F)c1F. The predicted octanol–water partition coefficient (Wildman–Crippen LogP) is 2.36. The molecule has 2 unspecified atom stereocenters. The summed E-state index contributed by atoms with van der Waals surface area (Å²) in [5.41, 5.74) is 0.532. The maximum atomic E-state index is 14.0. The molecule has 1 aliphatic rings. The molecule has 6 heteroatoms. The summed E-state index contributed by atoms with van der Waals surface area (Å²) in [5.74, 6) is -1.34. The molecule has 1 aromatic carbocycles. The molecule has 112 valence electrons. The second kappa shape index (κ2) is 5.77. The third-order valence-electron chi connectivity index (χ3n) is 3.92. The Bertz CT molecular complexity index is 601. The number of rotatable bonds is 4. The van der Waals surface area contributed by atoms with Gasteiger partial charge in [0.1, 0.15) is 0 Å². The number of nitrogens with one attached hydrogen (secondary N) is 1. The number of sulfone groups is 1. The Balaban J connectivity index is 2.19. The van der Waals surface area contributed by atoms with Crippen molar-refractivity contribution in [1.29, 1.82) is 0 Å². The zero-order valence-electron chi connectivity index (χ0n) is 11.6. The lowest BCUT2D eigenvalue weighted by Crippen LogP contribution is -2.22. The van der Waals surface area contributed by atoms with Crippen LogP contribution in [0.4, 0.5) is 8.78 Å². The van der Waals surface area contributed by atoms with E-state index in [-0.39, 0.29) is 34.6 Å². The van der Waals surface area contributed by atoms with Crippen LogP contribution in [0.3, 0.4) is 0 Å². The van der Waals surface area contributed by atoms with E-state index in [0.29, 0.717) is 12.8 Å². The normalized spacial score (nSPS) is 22.9. The van der Waals surface area contributed by atoms with Crippen LogP contribution in [0, 0.1) is 24.5 Å². The lowest BCUT2D eigenvalue weighted by molar-refractivity contribution is 0.411. The van der Waals surface area contributed by atoms with Crippen molar-refractivity contribution in [2.24, 2.45) is 5.92 Å². The van der Waals surface area contributed by atoms with E-state index in [2.05, 4.69) is 5.32 Å². The van der Waals surface area contributed by atoms with Crippen LogP contribution >= 0.6 is 0 Å². The summed E-state index contributed by atoms with van der Waals surface area (Å²) in [6.45, 7) is 1.51. The molecule has 0 radical (unpaired) electrons. The van der Waals surface area contributed by atoms with E-state index >= 15 is 0 Å². The monoisotopic (exact) mass is 303 g/mol. The minimum Gasteiger partial charge on any atom is -0.313 e. The van der Waals surface area contributed by atoms with Crippen molar-refractivity contribution >= 4 is 9.84 Å². The molecule has 1 heterocycles. The van der Waals surface area contributed by atoms with Crippen LogP contribution in [0.15, 0.2) is 12.1 Å². The van der Waals surface area contributed by atoms with Gasteiger partial charge in [-0.2, -0.15) is 0 Å². The molecule has 20 heavy (non-hydrogen) atoms. The standard InChI is InChI=1S/C14H19F2NO2S/c1-9-3-4-11(14(16)13(9)15)12(17-2)7-10-5-6-20(18,19)8-10/h3-4,10,12,17H,5-8H2,1-2H3. The van der Waals surface area contributed by atoms with E-state index in [0.717, 1.165) is 0 Å². The molecule has 0 spiro atoms. The largest absolute Gasteiger partial charge is 0.313 e. The highest BCUT2D eigenvalue weighted by Gasteiger charge is 2.31. The second-order valence-electron chi connectivity index (χ2n) is 5.45. The van der Waals surface area contributed by atoms with Gasteiger partial charge in [0, 0.05) is 11.6 Å². The summed E-state index contributed by atoms with van der Waals surface area (Å²) in [6.07, 6.45) is 1.09. The molecule has 1 saturated heterocycles. The fourth-order valence-corrected chi connectivity index (χ4v) is 4.60.